The van der Waals surface area contributed by atoms with Gasteiger partial charge in [-0.05, 0) is 74.6 Å². The van der Waals surface area contributed by atoms with Crippen molar-refractivity contribution in [1.82, 2.24) is 0 Å². The van der Waals surface area contributed by atoms with E-state index in [1.807, 2.05) is 12.1 Å². The van der Waals surface area contributed by atoms with Crippen molar-refractivity contribution in [1.29, 1.82) is 0 Å². The Kier molecular flexibility index (Phi) is 2.94. The highest BCUT2D eigenvalue weighted by Gasteiger charge is 2.41. The zero-order valence-electron chi connectivity index (χ0n) is 11.8. The Morgan fingerprint density at radius 1 is 0.900 bits per heavy atom. The number of anilines is 2. The molecular weight excluding hydrogens is 248 g/mol. The molecule has 3 nitrogen and oxygen atoms in total. The molecule has 0 saturated heterocycles. The number of carbonyl (C=O) groups is 1. The lowest BCUT2D eigenvalue weighted by Crippen LogP contribution is -2.24. The van der Waals surface area contributed by atoms with Crippen LogP contribution in [0.3, 0.4) is 0 Å². The summed E-state index contributed by atoms with van der Waals surface area (Å²) in [7, 11) is 0. The number of carbonyl (C=O) groups excluding carboxylic acids is 1. The maximum atomic E-state index is 11.7. The van der Waals surface area contributed by atoms with Gasteiger partial charge in [0.1, 0.15) is 0 Å². The van der Waals surface area contributed by atoms with Crippen molar-refractivity contribution in [3.05, 3.63) is 24.3 Å². The quantitative estimate of drug-likeness (QED) is 0.828. The fourth-order valence-electron chi connectivity index (χ4n) is 2.96. The first kappa shape index (κ1) is 12.2. The van der Waals surface area contributed by atoms with Crippen LogP contribution in [0.1, 0.15) is 38.5 Å². The molecule has 1 aromatic rings. The number of nitrogens with one attached hydrogen (secondary N) is 2. The van der Waals surface area contributed by atoms with Crippen LogP contribution in [0.25, 0.3) is 0 Å². The van der Waals surface area contributed by atoms with E-state index in [2.05, 4.69) is 22.8 Å². The molecular formula is C17H22N2O. The minimum absolute atomic E-state index is 0.180. The summed E-state index contributed by atoms with van der Waals surface area (Å²) in [4.78, 5) is 11.7. The highest BCUT2D eigenvalue weighted by Crippen LogP contribution is 2.45. The number of amides is 1. The first-order valence-electron chi connectivity index (χ1n) is 7.97. The van der Waals surface area contributed by atoms with E-state index in [0.717, 1.165) is 30.4 Å². The van der Waals surface area contributed by atoms with E-state index in [-0.39, 0.29) is 11.8 Å². The van der Waals surface area contributed by atoms with Crippen molar-refractivity contribution in [2.24, 2.45) is 17.8 Å². The second kappa shape index (κ2) is 4.80. The SMILES string of the molecule is O=C(Nc1ccc(NC(C2CC2)C2CC2)cc1)C1CC1. The van der Waals surface area contributed by atoms with Gasteiger partial charge in [0.15, 0.2) is 0 Å². The Hall–Kier alpha value is -1.51. The van der Waals surface area contributed by atoms with Crippen molar-refractivity contribution in [2.45, 2.75) is 44.6 Å². The summed E-state index contributed by atoms with van der Waals surface area (Å²) in [5, 5.41) is 6.69. The Morgan fingerprint density at radius 3 is 1.95 bits per heavy atom. The standard InChI is InChI=1S/C17H22N2O/c20-17(13-5-6-13)19-15-9-7-14(8-10-15)18-16(11-1-2-11)12-3-4-12/h7-13,16,18H,1-6H2,(H,19,20). The lowest BCUT2D eigenvalue weighted by molar-refractivity contribution is -0.117. The Balaban J connectivity index is 1.37. The van der Waals surface area contributed by atoms with Crippen LogP contribution in [0.2, 0.25) is 0 Å². The van der Waals surface area contributed by atoms with Crippen molar-refractivity contribution in [3.63, 3.8) is 0 Å². The van der Waals surface area contributed by atoms with Crippen molar-refractivity contribution in [2.75, 3.05) is 10.6 Å². The molecule has 0 spiro atoms. The molecule has 3 aliphatic carbocycles. The van der Waals surface area contributed by atoms with Crippen molar-refractivity contribution >= 4 is 17.3 Å². The van der Waals surface area contributed by atoms with E-state index in [1.54, 1.807) is 0 Å². The summed E-state index contributed by atoms with van der Waals surface area (Å²) in [5.41, 5.74) is 2.11. The predicted octanol–water partition coefficient (Wildman–Crippen LogP) is 3.64. The molecule has 0 atom stereocenters. The lowest BCUT2D eigenvalue weighted by Gasteiger charge is -2.19. The second-order valence-electron chi connectivity index (χ2n) is 6.69. The molecule has 1 aromatic carbocycles. The van der Waals surface area contributed by atoms with Gasteiger partial charge in [-0.15, -0.1) is 0 Å². The molecule has 20 heavy (non-hydrogen) atoms. The van der Waals surface area contributed by atoms with E-state index in [0.29, 0.717) is 6.04 Å². The number of hydrogen-bond acceptors (Lipinski definition) is 2. The third-order valence-corrected chi connectivity index (χ3v) is 4.69. The molecule has 1 amide bonds. The van der Waals surface area contributed by atoms with Crippen LogP contribution in [0.4, 0.5) is 11.4 Å². The minimum atomic E-state index is 0.180. The van der Waals surface area contributed by atoms with Gasteiger partial charge in [-0.2, -0.15) is 0 Å². The first-order chi connectivity index (χ1) is 9.79. The van der Waals surface area contributed by atoms with Crippen LogP contribution in [-0.2, 0) is 4.79 Å². The topological polar surface area (TPSA) is 41.1 Å². The number of hydrogen-bond donors (Lipinski definition) is 2. The molecule has 3 saturated carbocycles. The maximum absolute atomic E-state index is 11.7. The van der Waals surface area contributed by atoms with Gasteiger partial charge >= 0.3 is 0 Å². The Bertz CT molecular complexity index is 486. The zero-order chi connectivity index (χ0) is 13.5. The summed E-state index contributed by atoms with van der Waals surface area (Å²) < 4.78 is 0. The average Bonchev–Trinajstić information content (AvgIpc) is 3.30. The monoisotopic (exact) mass is 270 g/mol. The summed E-state index contributed by atoms with van der Waals surface area (Å²) in [5.74, 6) is 2.25. The molecule has 4 rings (SSSR count). The van der Waals surface area contributed by atoms with E-state index < -0.39 is 0 Å². The number of rotatable bonds is 6. The molecule has 3 fully saturated rings. The largest absolute Gasteiger partial charge is 0.382 e. The highest BCUT2D eigenvalue weighted by molar-refractivity contribution is 5.94. The minimum Gasteiger partial charge on any atom is -0.382 e. The molecule has 0 bridgehead atoms. The van der Waals surface area contributed by atoms with Crippen LogP contribution in [0, 0.1) is 17.8 Å². The van der Waals surface area contributed by atoms with E-state index in [1.165, 1.54) is 31.4 Å². The van der Waals surface area contributed by atoms with Gasteiger partial charge in [-0.25, -0.2) is 0 Å². The van der Waals surface area contributed by atoms with Crippen LogP contribution in [0.5, 0.6) is 0 Å². The van der Waals surface area contributed by atoms with Gasteiger partial charge in [0.05, 0.1) is 0 Å². The van der Waals surface area contributed by atoms with E-state index in [9.17, 15) is 4.79 Å². The van der Waals surface area contributed by atoms with Crippen molar-refractivity contribution < 1.29 is 4.79 Å². The maximum Gasteiger partial charge on any atom is 0.227 e. The van der Waals surface area contributed by atoms with Gasteiger partial charge in [-0.3, -0.25) is 4.79 Å². The summed E-state index contributed by atoms with van der Waals surface area (Å²) in [6.07, 6.45) is 7.67. The van der Waals surface area contributed by atoms with Crippen LogP contribution < -0.4 is 10.6 Å². The van der Waals surface area contributed by atoms with Crippen LogP contribution in [0.15, 0.2) is 24.3 Å². The van der Waals surface area contributed by atoms with Crippen molar-refractivity contribution in [3.8, 4) is 0 Å². The molecule has 0 heterocycles. The molecule has 0 aromatic heterocycles. The number of benzene rings is 1. The molecule has 106 valence electrons. The van der Waals surface area contributed by atoms with Gasteiger partial charge in [0.25, 0.3) is 0 Å². The average molecular weight is 270 g/mol. The highest BCUT2D eigenvalue weighted by atomic mass is 16.2. The summed E-state index contributed by atoms with van der Waals surface area (Å²) in [6.45, 7) is 0. The molecule has 0 aliphatic heterocycles. The lowest BCUT2D eigenvalue weighted by atomic mass is 10.1. The Morgan fingerprint density at radius 2 is 1.45 bits per heavy atom. The summed E-state index contributed by atoms with van der Waals surface area (Å²) in [6, 6.07) is 8.90. The third kappa shape index (κ3) is 2.82. The van der Waals surface area contributed by atoms with Gasteiger partial charge in [0.2, 0.25) is 5.91 Å². The second-order valence-corrected chi connectivity index (χ2v) is 6.69. The normalized spacial score (nSPS) is 21.9. The fraction of sp³-hybridized carbons (Fsp3) is 0.588. The molecule has 3 heteroatoms. The van der Waals surface area contributed by atoms with Crippen LogP contribution >= 0.6 is 0 Å². The molecule has 3 aliphatic rings. The first-order valence-corrected chi connectivity index (χ1v) is 7.97. The predicted molar refractivity (Wildman–Crippen MR) is 80.7 cm³/mol. The van der Waals surface area contributed by atoms with E-state index in [4.69, 9.17) is 0 Å². The molecule has 2 N–H and O–H groups in total. The smallest absolute Gasteiger partial charge is 0.227 e. The summed E-state index contributed by atoms with van der Waals surface area (Å²) >= 11 is 0. The Labute approximate surface area is 120 Å². The van der Waals surface area contributed by atoms with Gasteiger partial charge in [-0.1, -0.05) is 0 Å². The fourth-order valence-corrected chi connectivity index (χ4v) is 2.96. The van der Waals surface area contributed by atoms with E-state index >= 15 is 0 Å². The zero-order valence-corrected chi connectivity index (χ0v) is 11.8. The third-order valence-electron chi connectivity index (χ3n) is 4.69. The molecule has 0 unspecified atom stereocenters. The van der Waals surface area contributed by atoms with Gasteiger partial charge < -0.3 is 10.6 Å². The van der Waals surface area contributed by atoms with Crippen LogP contribution in [-0.4, -0.2) is 11.9 Å². The van der Waals surface area contributed by atoms with Gasteiger partial charge in [0, 0.05) is 23.3 Å². The molecule has 0 radical (unpaired) electrons.